The molecule has 0 aliphatic carbocycles. The minimum Gasteiger partial charge on any atom is -0.383 e. The van der Waals surface area contributed by atoms with E-state index in [4.69, 9.17) is 11.5 Å². The van der Waals surface area contributed by atoms with E-state index in [1.54, 1.807) is 12.1 Å². The highest BCUT2D eigenvalue weighted by Crippen LogP contribution is 1.97. The maximum Gasteiger partial charge on any atom is 0.236 e. The molecule has 0 saturated carbocycles. The van der Waals surface area contributed by atoms with E-state index in [-0.39, 0.29) is 11.8 Å². The molecule has 0 radical (unpaired) electrons. The van der Waals surface area contributed by atoms with Crippen LogP contribution in [0.4, 0.5) is 0 Å². The molecule has 0 aromatic heterocycles. The Bertz CT molecular complexity index is 370. The molecule has 1 aromatic rings. The number of nitrogens with zero attached hydrogens (tertiary/aromatic N) is 2. The molecule has 1 aromatic carbocycles. The molecule has 4 N–H and O–H groups in total. The van der Waals surface area contributed by atoms with Crippen molar-refractivity contribution < 1.29 is 4.79 Å². The topological polar surface area (TPSA) is 93.8 Å². The van der Waals surface area contributed by atoms with E-state index in [1.807, 2.05) is 18.2 Å². The van der Waals surface area contributed by atoms with E-state index < -0.39 is 0 Å². The Hall–Kier alpha value is -2.17. The second-order valence-electron chi connectivity index (χ2n) is 2.46. The molecule has 0 unspecified atom stereocenters. The van der Waals surface area contributed by atoms with E-state index >= 15 is 0 Å². The molecule has 1 rings (SSSR count). The normalized spacial score (nSPS) is 12.6. The first-order valence-corrected chi connectivity index (χ1v) is 3.90. The summed E-state index contributed by atoms with van der Waals surface area (Å²) in [5, 5.41) is 0. The van der Waals surface area contributed by atoms with Gasteiger partial charge in [-0.25, -0.2) is 0 Å². The lowest BCUT2D eigenvalue weighted by Gasteiger charge is -1.98. The minimum absolute atomic E-state index is 0.152. The first-order valence-electron chi connectivity index (χ1n) is 3.90. The van der Waals surface area contributed by atoms with E-state index in [9.17, 15) is 4.79 Å². The van der Waals surface area contributed by atoms with Crippen LogP contribution in [0.3, 0.4) is 0 Å². The predicted octanol–water partition coefficient (Wildman–Crippen LogP) is -0.137. The molecule has 14 heavy (non-hydrogen) atoms. The van der Waals surface area contributed by atoms with Gasteiger partial charge >= 0.3 is 0 Å². The smallest absolute Gasteiger partial charge is 0.236 e. The molecule has 5 nitrogen and oxygen atoms in total. The first-order chi connectivity index (χ1) is 6.74. The van der Waals surface area contributed by atoms with Gasteiger partial charge in [0.15, 0.2) is 0 Å². The van der Waals surface area contributed by atoms with Crippen LogP contribution in [-0.4, -0.2) is 18.2 Å². The van der Waals surface area contributed by atoms with Crippen molar-refractivity contribution in [1.29, 1.82) is 0 Å². The maximum absolute atomic E-state index is 9.96. The number of hydrogen-bond donors (Lipinski definition) is 2. The monoisotopic (exact) mass is 190 g/mol. The van der Waals surface area contributed by atoms with Gasteiger partial charge in [0.05, 0.1) is 0 Å². The molecule has 0 saturated heterocycles. The molecular formula is C9H10N4O. The van der Waals surface area contributed by atoms with Gasteiger partial charge in [-0.2, -0.15) is 9.98 Å². The minimum atomic E-state index is -0.152. The summed E-state index contributed by atoms with van der Waals surface area (Å²) >= 11 is 0. The maximum atomic E-state index is 9.96. The van der Waals surface area contributed by atoms with Crippen LogP contribution in [0.15, 0.2) is 40.3 Å². The molecule has 0 aliphatic rings. The second kappa shape index (κ2) is 4.76. The Balaban J connectivity index is 2.90. The summed E-state index contributed by atoms with van der Waals surface area (Å²) in [6.45, 7) is 0. The van der Waals surface area contributed by atoms with Gasteiger partial charge in [-0.1, -0.05) is 30.3 Å². The Labute approximate surface area is 81.2 Å². The van der Waals surface area contributed by atoms with Gasteiger partial charge in [-0.05, 0) is 0 Å². The van der Waals surface area contributed by atoms with Crippen molar-refractivity contribution in [2.75, 3.05) is 0 Å². The van der Waals surface area contributed by atoms with Crippen molar-refractivity contribution in [3.05, 3.63) is 35.9 Å². The lowest BCUT2D eigenvalue weighted by atomic mass is 10.2. The van der Waals surface area contributed by atoms with E-state index in [0.717, 1.165) is 5.56 Å². The van der Waals surface area contributed by atoms with Gasteiger partial charge in [0.25, 0.3) is 0 Å². The number of guanidine groups is 1. The third-order valence-corrected chi connectivity index (χ3v) is 1.49. The Morgan fingerprint density at radius 1 is 1.21 bits per heavy atom. The Morgan fingerprint density at radius 3 is 2.43 bits per heavy atom. The molecule has 0 bridgehead atoms. The number of carbonyl (C=O) groups is 1. The van der Waals surface area contributed by atoms with Gasteiger partial charge in [0, 0.05) is 5.56 Å². The molecule has 0 fully saturated rings. The number of nitrogens with two attached hydrogens (primary N) is 2. The molecule has 0 spiro atoms. The van der Waals surface area contributed by atoms with Crippen LogP contribution >= 0.6 is 0 Å². The molecule has 5 heteroatoms. The number of benzene rings is 1. The second-order valence-corrected chi connectivity index (χ2v) is 2.46. The van der Waals surface area contributed by atoms with Gasteiger partial charge < -0.3 is 11.5 Å². The lowest BCUT2D eigenvalue weighted by molar-refractivity contribution is -0.106. The standard InChI is InChI=1S/C9H10N4O/c10-8(13-9(11)12-6-14)7-4-2-1-3-5-7/h1-6H,(H4,10,11,12,13,14). The van der Waals surface area contributed by atoms with Crippen molar-refractivity contribution in [1.82, 2.24) is 0 Å². The predicted molar refractivity (Wildman–Crippen MR) is 54.9 cm³/mol. The fourth-order valence-corrected chi connectivity index (χ4v) is 0.880. The number of aliphatic imine (C=N–C) groups is 2. The van der Waals surface area contributed by atoms with Crippen molar-refractivity contribution in [3.8, 4) is 0 Å². The summed E-state index contributed by atoms with van der Waals surface area (Å²) in [6, 6.07) is 9.08. The number of amidine groups is 1. The SMILES string of the molecule is NC(=NC=O)/N=C(\N)c1ccccc1. The lowest BCUT2D eigenvalue weighted by Crippen LogP contribution is -2.19. The third kappa shape index (κ3) is 2.71. The van der Waals surface area contributed by atoms with Gasteiger partial charge in [-0.15, -0.1) is 0 Å². The van der Waals surface area contributed by atoms with E-state index in [1.165, 1.54) is 0 Å². The summed E-state index contributed by atoms with van der Waals surface area (Å²) in [6.07, 6.45) is 0.317. The van der Waals surface area contributed by atoms with Crippen LogP contribution < -0.4 is 11.5 Å². The fourth-order valence-electron chi connectivity index (χ4n) is 0.880. The van der Waals surface area contributed by atoms with Crippen LogP contribution in [0.25, 0.3) is 0 Å². The van der Waals surface area contributed by atoms with Crippen LogP contribution in [0.5, 0.6) is 0 Å². The third-order valence-electron chi connectivity index (χ3n) is 1.49. The van der Waals surface area contributed by atoms with Crippen molar-refractivity contribution >= 4 is 18.2 Å². The highest BCUT2D eigenvalue weighted by Gasteiger charge is 1.96. The molecule has 1 amide bonds. The van der Waals surface area contributed by atoms with Crippen LogP contribution in [0.1, 0.15) is 5.56 Å². The van der Waals surface area contributed by atoms with Gasteiger partial charge in [0.1, 0.15) is 5.84 Å². The Morgan fingerprint density at radius 2 is 1.86 bits per heavy atom. The number of hydrogen-bond acceptors (Lipinski definition) is 1. The number of amides is 1. The van der Waals surface area contributed by atoms with E-state index in [0.29, 0.717) is 6.41 Å². The fraction of sp³-hybridized carbons (Fsp3) is 0. The van der Waals surface area contributed by atoms with Crippen molar-refractivity contribution in [2.45, 2.75) is 0 Å². The van der Waals surface area contributed by atoms with Crippen LogP contribution in [0, 0.1) is 0 Å². The molecule has 0 heterocycles. The molecule has 0 atom stereocenters. The Kier molecular flexibility index (Phi) is 3.37. The zero-order chi connectivity index (χ0) is 10.4. The van der Waals surface area contributed by atoms with Crippen molar-refractivity contribution in [2.24, 2.45) is 21.5 Å². The van der Waals surface area contributed by atoms with Crippen molar-refractivity contribution in [3.63, 3.8) is 0 Å². The summed E-state index contributed by atoms with van der Waals surface area (Å²) in [7, 11) is 0. The summed E-state index contributed by atoms with van der Waals surface area (Å²) < 4.78 is 0. The molecular weight excluding hydrogens is 180 g/mol. The molecule has 72 valence electrons. The summed E-state index contributed by atoms with van der Waals surface area (Å²) in [5.41, 5.74) is 11.6. The summed E-state index contributed by atoms with van der Waals surface area (Å²) in [5.74, 6) is 0.0788. The van der Waals surface area contributed by atoms with E-state index in [2.05, 4.69) is 9.98 Å². The number of rotatable bonds is 2. The average Bonchev–Trinajstić information content (AvgIpc) is 2.19. The number of carbonyl (C=O) groups excluding carboxylic acids is 1. The largest absolute Gasteiger partial charge is 0.383 e. The van der Waals surface area contributed by atoms with Gasteiger partial charge in [-0.3, -0.25) is 4.79 Å². The van der Waals surface area contributed by atoms with Crippen LogP contribution in [0.2, 0.25) is 0 Å². The average molecular weight is 190 g/mol. The molecule has 0 aliphatic heterocycles. The van der Waals surface area contributed by atoms with Crippen LogP contribution in [-0.2, 0) is 4.79 Å². The quantitative estimate of drug-likeness (QED) is 0.386. The first kappa shape index (κ1) is 9.91. The zero-order valence-electron chi connectivity index (χ0n) is 7.42. The zero-order valence-corrected chi connectivity index (χ0v) is 7.42. The van der Waals surface area contributed by atoms with Gasteiger partial charge in [0.2, 0.25) is 12.4 Å². The summed E-state index contributed by atoms with van der Waals surface area (Å²) in [4.78, 5) is 16.9. The highest BCUT2D eigenvalue weighted by atomic mass is 16.1. The highest BCUT2D eigenvalue weighted by molar-refractivity contribution is 6.05.